The minimum Gasteiger partial charge on any atom is -0.483 e. The van der Waals surface area contributed by atoms with Gasteiger partial charge < -0.3 is 19.1 Å². The van der Waals surface area contributed by atoms with Crippen LogP contribution in [0.4, 0.5) is 0 Å². The van der Waals surface area contributed by atoms with Gasteiger partial charge in [0, 0.05) is 13.2 Å². The zero-order chi connectivity index (χ0) is 22.8. The minimum atomic E-state index is -3.70. The molecule has 1 saturated carbocycles. The van der Waals surface area contributed by atoms with Crippen LogP contribution >= 0.6 is 0 Å². The summed E-state index contributed by atoms with van der Waals surface area (Å²) >= 11 is 0. The number of carbonyl (C=O) groups is 1. The topological polar surface area (TPSA) is 94.5 Å². The molecule has 1 aliphatic carbocycles. The number of sulfonamides is 1. The highest BCUT2D eigenvalue weighted by Crippen LogP contribution is 2.38. The molecule has 1 amide bonds. The highest BCUT2D eigenvalue weighted by atomic mass is 32.2. The lowest BCUT2D eigenvalue weighted by molar-refractivity contribution is -0.136. The summed E-state index contributed by atoms with van der Waals surface area (Å²) < 4.78 is 47.6. The maximum Gasteiger partial charge on any atom is 0.261 e. The van der Waals surface area contributed by atoms with Crippen LogP contribution in [0.15, 0.2) is 28.7 Å². The number of nitrogens with zero attached hydrogens (tertiary/aromatic N) is 2. The van der Waals surface area contributed by atoms with Crippen LogP contribution in [0.5, 0.6) is 5.75 Å². The molecule has 0 N–H and O–H groups in total. The number of fused-ring (bicyclic) bond motifs is 5. The molecular weight excluding hydrogens is 444 g/mol. The summed E-state index contributed by atoms with van der Waals surface area (Å²) in [5.74, 6) is 0.995. The molecule has 2 atom stereocenters. The first-order chi connectivity index (χ1) is 16.0. The first-order valence-corrected chi connectivity index (χ1v) is 13.5. The van der Waals surface area contributed by atoms with Crippen LogP contribution in [0.25, 0.3) is 0 Å². The summed E-state index contributed by atoms with van der Waals surface area (Å²) in [6.07, 6.45) is 5.65. The molecule has 1 unspecified atom stereocenters. The molecule has 8 nitrogen and oxygen atoms in total. The monoisotopic (exact) mass is 476 g/mol. The fourth-order valence-electron chi connectivity index (χ4n) is 5.45. The van der Waals surface area contributed by atoms with E-state index in [-0.39, 0.29) is 31.8 Å². The number of amides is 1. The van der Waals surface area contributed by atoms with E-state index in [1.54, 1.807) is 4.90 Å². The van der Waals surface area contributed by atoms with Crippen LogP contribution in [0, 0.1) is 0 Å². The van der Waals surface area contributed by atoms with Crippen molar-refractivity contribution in [3.63, 3.8) is 0 Å². The van der Waals surface area contributed by atoms with Crippen LogP contribution in [0.1, 0.15) is 56.4 Å². The molecule has 6 rings (SSSR count). The van der Waals surface area contributed by atoms with Crippen molar-refractivity contribution >= 4 is 21.6 Å². The summed E-state index contributed by atoms with van der Waals surface area (Å²) in [7, 11) is -3.70. The van der Waals surface area contributed by atoms with Gasteiger partial charge in [0.25, 0.3) is 15.9 Å². The van der Waals surface area contributed by atoms with E-state index in [0.29, 0.717) is 44.0 Å². The molecule has 1 aromatic carbocycles. The van der Waals surface area contributed by atoms with Crippen LogP contribution in [0.3, 0.4) is 0 Å². The molecule has 0 radical (unpaired) electrons. The van der Waals surface area contributed by atoms with E-state index in [2.05, 4.69) is 10.5 Å². The smallest absolute Gasteiger partial charge is 0.261 e. The number of rotatable bonds is 2. The lowest BCUT2D eigenvalue weighted by Gasteiger charge is -2.37. The SMILES string of the molecule is O=C1COc2ccccc2C2CCC(CC2)OCC2/C(=N/S(=O)(=O)[C@@H]3CCOC3)CCCN12. The van der Waals surface area contributed by atoms with Gasteiger partial charge in [-0.1, -0.05) is 18.2 Å². The summed E-state index contributed by atoms with van der Waals surface area (Å²) in [5, 5.41) is -0.609. The highest BCUT2D eigenvalue weighted by molar-refractivity contribution is 7.90. The van der Waals surface area contributed by atoms with E-state index in [4.69, 9.17) is 14.2 Å². The second-order valence-corrected chi connectivity index (χ2v) is 11.3. The molecule has 2 saturated heterocycles. The zero-order valence-corrected chi connectivity index (χ0v) is 19.7. The molecule has 0 aromatic heterocycles. The Morgan fingerprint density at radius 2 is 1.85 bits per heavy atom. The summed E-state index contributed by atoms with van der Waals surface area (Å²) in [5.41, 5.74) is 1.68. The Balaban J connectivity index is 1.44. The van der Waals surface area contributed by atoms with E-state index in [0.717, 1.165) is 37.0 Å². The summed E-state index contributed by atoms with van der Waals surface area (Å²) in [4.78, 5) is 14.9. The Morgan fingerprint density at radius 1 is 1.03 bits per heavy atom. The molecule has 2 bridgehead atoms. The predicted molar refractivity (Wildman–Crippen MR) is 123 cm³/mol. The van der Waals surface area contributed by atoms with Crippen LogP contribution < -0.4 is 4.74 Å². The minimum absolute atomic E-state index is 0.0832. The molecule has 4 aliphatic heterocycles. The first-order valence-electron chi connectivity index (χ1n) is 12.0. The third kappa shape index (κ3) is 4.95. The summed E-state index contributed by atoms with van der Waals surface area (Å²) in [6, 6.07) is 7.49. The van der Waals surface area contributed by atoms with E-state index in [1.807, 2.05) is 18.2 Å². The number of ether oxygens (including phenoxy) is 3. The van der Waals surface area contributed by atoms with Crippen LogP contribution in [0.2, 0.25) is 0 Å². The molecule has 180 valence electrons. The van der Waals surface area contributed by atoms with Gasteiger partial charge in [-0.15, -0.1) is 0 Å². The maximum absolute atomic E-state index is 13.2. The molecule has 9 heteroatoms. The standard InChI is InChI=1S/C24H32N2O6S/c27-24-16-32-23-6-2-1-4-20(23)17-7-9-18(10-8-17)31-15-22-21(5-3-12-26(22)24)25-33(28,29)19-11-13-30-14-19/h1-2,4,6,17-19,22H,3,5,7-16H2/b25-21+/t17?,18?,19-,22?/m1/s1. The lowest BCUT2D eigenvalue weighted by atomic mass is 9.82. The molecule has 1 aromatic rings. The molecule has 5 aliphatic rings. The zero-order valence-electron chi connectivity index (χ0n) is 18.9. The second kappa shape index (κ2) is 9.72. The van der Waals surface area contributed by atoms with Gasteiger partial charge in [0.05, 0.1) is 31.1 Å². The van der Waals surface area contributed by atoms with Gasteiger partial charge >= 0.3 is 0 Å². The second-order valence-electron chi connectivity index (χ2n) is 9.42. The Kier molecular flexibility index (Phi) is 6.72. The Morgan fingerprint density at radius 3 is 2.64 bits per heavy atom. The van der Waals surface area contributed by atoms with Crippen molar-refractivity contribution in [3.05, 3.63) is 29.8 Å². The van der Waals surface area contributed by atoms with Crippen molar-refractivity contribution in [3.8, 4) is 5.75 Å². The van der Waals surface area contributed by atoms with Crippen molar-refractivity contribution in [2.75, 3.05) is 33.0 Å². The molecule has 4 heterocycles. The number of benzene rings is 1. The van der Waals surface area contributed by atoms with Gasteiger partial charge in [-0.05, 0) is 62.5 Å². The quantitative estimate of drug-likeness (QED) is 0.651. The molecule has 3 fully saturated rings. The van der Waals surface area contributed by atoms with Gasteiger partial charge in [0.1, 0.15) is 11.0 Å². The third-order valence-electron chi connectivity index (χ3n) is 7.34. The Bertz CT molecular complexity index is 996. The highest BCUT2D eigenvalue weighted by Gasteiger charge is 2.37. The number of para-hydroxylation sites is 1. The number of carbonyl (C=O) groups excluding carboxylic acids is 1. The average molecular weight is 477 g/mol. The molecule has 33 heavy (non-hydrogen) atoms. The van der Waals surface area contributed by atoms with Gasteiger partial charge in [-0.25, -0.2) is 8.42 Å². The van der Waals surface area contributed by atoms with Gasteiger partial charge in [0.15, 0.2) is 6.61 Å². The van der Waals surface area contributed by atoms with Gasteiger partial charge in [-0.2, -0.15) is 4.40 Å². The predicted octanol–water partition coefficient (Wildman–Crippen LogP) is 2.67. The van der Waals surface area contributed by atoms with Crippen molar-refractivity contribution in [1.29, 1.82) is 0 Å². The Hall–Kier alpha value is -1.97. The fraction of sp³-hybridized carbons (Fsp3) is 0.667. The van der Waals surface area contributed by atoms with Gasteiger partial charge in [-0.3, -0.25) is 4.79 Å². The Labute approximate surface area is 195 Å². The molecular formula is C24H32N2O6S. The average Bonchev–Trinajstić information content (AvgIpc) is 3.38. The van der Waals surface area contributed by atoms with Gasteiger partial charge in [0.2, 0.25) is 0 Å². The lowest BCUT2D eigenvalue weighted by Crippen LogP contribution is -2.53. The number of piperidine rings is 1. The summed E-state index contributed by atoms with van der Waals surface area (Å²) in [6.45, 7) is 1.34. The maximum atomic E-state index is 13.2. The van der Waals surface area contributed by atoms with Crippen molar-refractivity contribution in [2.24, 2.45) is 4.40 Å². The largest absolute Gasteiger partial charge is 0.483 e. The van der Waals surface area contributed by atoms with E-state index in [9.17, 15) is 13.2 Å². The fourth-order valence-corrected chi connectivity index (χ4v) is 6.80. The number of hydrogen-bond donors (Lipinski definition) is 0. The van der Waals surface area contributed by atoms with Crippen molar-refractivity contribution in [2.45, 2.75) is 68.3 Å². The van der Waals surface area contributed by atoms with E-state index in [1.165, 1.54) is 0 Å². The van der Waals surface area contributed by atoms with Crippen LogP contribution in [-0.2, 0) is 24.3 Å². The normalized spacial score (nSPS) is 32.3. The van der Waals surface area contributed by atoms with Crippen molar-refractivity contribution in [1.82, 2.24) is 4.90 Å². The first kappa shape index (κ1) is 22.8. The van der Waals surface area contributed by atoms with E-state index < -0.39 is 21.3 Å². The van der Waals surface area contributed by atoms with Crippen LogP contribution in [-0.4, -0.2) is 75.3 Å². The van der Waals surface area contributed by atoms with E-state index >= 15 is 0 Å². The number of hydrogen-bond acceptors (Lipinski definition) is 6. The van der Waals surface area contributed by atoms with Crippen molar-refractivity contribution < 1.29 is 27.4 Å². The molecule has 0 spiro atoms. The third-order valence-corrected chi connectivity index (χ3v) is 9.04.